The molecule has 0 atom stereocenters. The highest BCUT2D eigenvalue weighted by Gasteiger charge is 2.12. The lowest BCUT2D eigenvalue weighted by Gasteiger charge is -2.07. The summed E-state index contributed by atoms with van der Waals surface area (Å²) in [6.07, 6.45) is 0. The number of esters is 1. The molecule has 0 unspecified atom stereocenters. The smallest absolute Gasteiger partial charge is 0.325 e. The monoisotopic (exact) mass is 361 g/mol. The van der Waals surface area contributed by atoms with Crippen LogP contribution in [-0.2, 0) is 9.53 Å². The van der Waals surface area contributed by atoms with E-state index in [0.29, 0.717) is 21.9 Å². The van der Waals surface area contributed by atoms with Gasteiger partial charge in [-0.15, -0.1) is 0 Å². The van der Waals surface area contributed by atoms with E-state index in [0.717, 1.165) is 0 Å². The van der Waals surface area contributed by atoms with Gasteiger partial charge in [0.25, 0.3) is 5.91 Å². The van der Waals surface area contributed by atoms with Gasteiger partial charge in [-0.25, -0.2) is 0 Å². The third-order valence-corrected chi connectivity index (χ3v) is 3.51. The number of ether oxygens (including phenoxy) is 2. The van der Waals surface area contributed by atoms with Crippen LogP contribution < -0.4 is 10.1 Å². The molecule has 1 amide bonds. The molecule has 0 radical (unpaired) electrons. The predicted molar refractivity (Wildman–Crippen MR) is 92.1 cm³/mol. The number of hydrogen-bond donors (Lipinski definition) is 1. The number of benzene rings is 2. The Bertz CT molecular complexity index is 773. The van der Waals surface area contributed by atoms with Crippen molar-refractivity contribution in [1.29, 1.82) is 0 Å². The molecule has 0 aliphatic heterocycles. The van der Waals surface area contributed by atoms with E-state index in [4.69, 9.17) is 21.1 Å². The lowest BCUT2D eigenvalue weighted by atomic mass is 10.1. The summed E-state index contributed by atoms with van der Waals surface area (Å²) in [5.41, 5.74) is 0.738. The first-order valence-corrected chi connectivity index (χ1v) is 7.74. The average Bonchev–Trinajstić information content (AvgIpc) is 2.64. The number of methoxy groups -OCH3 is 1. The van der Waals surface area contributed by atoms with Crippen molar-refractivity contribution in [1.82, 2.24) is 5.32 Å². The Hall–Kier alpha value is -2.86. The van der Waals surface area contributed by atoms with Gasteiger partial charge < -0.3 is 14.8 Å². The summed E-state index contributed by atoms with van der Waals surface area (Å²) < 4.78 is 9.89. The van der Waals surface area contributed by atoms with Gasteiger partial charge in [0.2, 0.25) is 0 Å². The van der Waals surface area contributed by atoms with Crippen molar-refractivity contribution >= 4 is 29.3 Å². The van der Waals surface area contributed by atoms with E-state index in [1.165, 1.54) is 7.11 Å². The van der Waals surface area contributed by atoms with Crippen LogP contribution in [0.1, 0.15) is 20.7 Å². The van der Waals surface area contributed by atoms with Gasteiger partial charge in [0.05, 0.1) is 7.11 Å². The second-order valence-electron chi connectivity index (χ2n) is 5.01. The van der Waals surface area contributed by atoms with Gasteiger partial charge >= 0.3 is 5.97 Å². The summed E-state index contributed by atoms with van der Waals surface area (Å²) in [4.78, 5) is 35.5. The molecule has 0 heterocycles. The zero-order chi connectivity index (χ0) is 18.2. The van der Waals surface area contributed by atoms with Gasteiger partial charge in [-0.1, -0.05) is 17.7 Å². The number of nitrogens with one attached hydrogen (secondary N) is 1. The molecule has 130 valence electrons. The van der Waals surface area contributed by atoms with E-state index in [-0.39, 0.29) is 12.3 Å². The van der Waals surface area contributed by atoms with Crippen molar-refractivity contribution in [3.63, 3.8) is 0 Å². The Labute approximate surface area is 149 Å². The van der Waals surface area contributed by atoms with Crippen LogP contribution in [-0.4, -0.2) is 37.9 Å². The minimum absolute atomic E-state index is 0.343. The first-order chi connectivity index (χ1) is 12.0. The van der Waals surface area contributed by atoms with E-state index >= 15 is 0 Å². The summed E-state index contributed by atoms with van der Waals surface area (Å²) in [6, 6.07) is 12.7. The highest BCUT2D eigenvalue weighted by Crippen LogP contribution is 2.12. The van der Waals surface area contributed by atoms with Crippen LogP contribution in [0.4, 0.5) is 0 Å². The molecular formula is C18H16ClNO5. The summed E-state index contributed by atoms with van der Waals surface area (Å²) >= 11 is 5.74. The molecule has 6 nitrogen and oxygen atoms in total. The maximum absolute atomic E-state index is 12.0. The topological polar surface area (TPSA) is 81.7 Å². The quantitative estimate of drug-likeness (QED) is 0.605. The maximum atomic E-state index is 12.0. The van der Waals surface area contributed by atoms with Crippen molar-refractivity contribution in [3.05, 3.63) is 64.7 Å². The average molecular weight is 362 g/mol. The fraction of sp³-hybridized carbons (Fsp3) is 0.167. The van der Waals surface area contributed by atoms with Crippen LogP contribution in [0, 0.1) is 0 Å². The number of hydrogen-bond acceptors (Lipinski definition) is 5. The summed E-state index contributed by atoms with van der Waals surface area (Å²) in [5.74, 6) is -0.980. The van der Waals surface area contributed by atoms with Crippen LogP contribution in [0.3, 0.4) is 0 Å². The van der Waals surface area contributed by atoms with Gasteiger partial charge in [-0.05, 0) is 42.5 Å². The number of carbonyl (C=O) groups is 3. The summed E-state index contributed by atoms with van der Waals surface area (Å²) in [7, 11) is 1.49. The van der Waals surface area contributed by atoms with Crippen LogP contribution in [0.2, 0.25) is 5.02 Å². The first-order valence-electron chi connectivity index (χ1n) is 7.36. The molecule has 0 aliphatic rings. The van der Waals surface area contributed by atoms with Crippen LogP contribution in [0.15, 0.2) is 48.5 Å². The van der Waals surface area contributed by atoms with E-state index in [1.807, 2.05) is 0 Å². The van der Waals surface area contributed by atoms with E-state index in [1.54, 1.807) is 48.5 Å². The molecule has 2 aromatic rings. The highest BCUT2D eigenvalue weighted by atomic mass is 35.5. The van der Waals surface area contributed by atoms with Crippen LogP contribution in [0.5, 0.6) is 5.75 Å². The second-order valence-corrected chi connectivity index (χ2v) is 5.44. The molecule has 0 bridgehead atoms. The Kier molecular flexibility index (Phi) is 6.54. The van der Waals surface area contributed by atoms with Crippen molar-refractivity contribution in [2.24, 2.45) is 0 Å². The van der Waals surface area contributed by atoms with Gasteiger partial charge in [-0.2, -0.15) is 0 Å². The number of halogens is 1. The Balaban J connectivity index is 1.79. The number of carbonyl (C=O) groups excluding carboxylic acids is 3. The van der Waals surface area contributed by atoms with E-state index in [2.05, 4.69) is 5.32 Å². The summed E-state index contributed by atoms with van der Waals surface area (Å²) in [5, 5.41) is 2.93. The lowest BCUT2D eigenvalue weighted by molar-refractivity contribution is -0.141. The van der Waals surface area contributed by atoms with Gasteiger partial charge in [0, 0.05) is 16.1 Å². The molecule has 0 aromatic heterocycles. The van der Waals surface area contributed by atoms with Gasteiger partial charge in [0.15, 0.2) is 12.4 Å². The molecule has 0 aliphatic carbocycles. The molecule has 1 N–H and O–H groups in total. The highest BCUT2D eigenvalue weighted by molar-refractivity contribution is 6.30. The van der Waals surface area contributed by atoms with Crippen molar-refractivity contribution in [3.8, 4) is 5.75 Å². The maximum Gasteiger partial charge on any atom is 0.325 e. The Morgan fingerprint density at radius 2 is 1.76 bits per heavy atom. The Morgan fingerprint density at radius 1 is 1.04 bits per heavy atom. The minimum atomic E-state index is -0.710. The molecule has 2 aromatic carbocycles. The van der Waals surface area contributed by atoms with E-state index in [9.17, 15) is 14.4 Å². The standard InChI is InChI=1S/C18H16ClNO5/c1-24-15-4-2-3-13(9-15)18(23)20-10-17(22)25-11-16(21)12-5-7-14(19)8-6-12/h2-9H,10-11H2,1H3,(H,20,23). The molecule has 0 spiro atoms. The minimum Gasteiger partial charge on any atom is -0.497 e. The fourth-order valence-corrected chi connectivity index (χ4v) is 2.06. The van der Waals surface area contributed by atoms with Gasteiger partial charge in [0.1, 0.15) is 12.3 Å². The number of amides is 1. The van der Waals surface area contributed by atoms with Gasteiger partial charge in [-0.3, -0.25) is 14.4 Å². The van der Waals surface area contributed by atoms with Crippen LogP contribution >= 0.6 is 11.6 Å². The SMILES string of the molecule is COc1cccc(C(=O)NCC(=O)OCC(=O)c2ccc(Cl)cc2)c1. The van der Waals surface area contributed by atoms with Crippen LogP contribution in [0.25, 0.3) is 0 Å². The largest absolute Gasteiger partial charge is 0.497 e. The number of ketones is 1. The number of Topliss-reactive ketones (excluding diaryl/α,β-unsaturated/α-hetero) is 1. The van der Waals surface area contributed by atoms with Crippen molar-refractivity contribution in [2.75, 3.05) is 20.3 Å². The fourth-order valence-electron chi connectivity index (χ4n) is 1.94. The molecule has 25 heavy (non-hydrogen) atoms. The predicted octanol–water partition coefficient (Wildman–Crippen LogP) is 2.50. The molecule has 0 saturated heterocycles. The normalized spacial score (nSPS) is 10.0. The molecule has 7 heteroatoms. The molecule has 0 fully saturated rings. The van der Waals surface area contributed by atoms with Crippen molar-refractivity contribution < 1.29 is 23.9 Å². The van der Waals surface area contributed by atoms with E-state index < -0.39 is 18.5 Å². The lowest BCUT2D eigenvalue weighted by Crippen LogP contribution is -2.31. The summed E-state index contributed by atoms with van der Waals surface area (Å²) in [6.45, 7) is -0.751. The third kappa shape index (κ3) is 5.61. The number of rotatable bonds is 7. The molecule has 0 saturated carbocycles. The third-order valence-electron chi connectivity index (χ3n) is 3.26. The molecule has 2 rings (SSSR count). The van der Waals surface area contributed by atoms with Crippen molar-refractivity contribution in [2.45, 2.75) is 0 Å². The second kappa shape index (κ2) is 8.84. The molecular weight excluding hydrogens is 346 g/mol. The zero-order valence-electron chi connectivity index (χ0n) is 13.5. The zero-order valence-corrected chi connectivity index (χ0v) is 14.2. The Morgan fingerprint density at radius 3 is 2.44 bits per heavy atom. The first kappa shape index (κ1) is 18.5.